The summed E-state index contributed by atoms with van der Waals surface area (Å²) >= 11 is 0. The van der Waals surface area contributed by atoms with Crippen molar-refractivity contribution in [2.24, 2.45) is 5.92 Å². The van der Waals surface area contributed by atoms with Crippen LogP contribution in [0.15, 0.2) is 36.7 Å². The molecule has 21 heavy (non-hydrogen) atoms. The third kappa shape index (κ3) is 3.24. The Hall–Kier alpha value is -2.30. The molecule has 5 heteroatoms. The number of carbonyl (C=O) groups is 1. The molecule has 1 aromatic carbocycles. The van der Waals surface area contributed by atoms with E-state index in [0.29, 0.717) is 23.6 Å². The molecule has 0 atom stereocenters. The summed E-state index contributed by atoms with van der Waals surface area (Å²) in [5.74, 6) is -0.748. The van der Waals surface area contributed by atoms with Crippen LogP contribution in [-0.4, -0.2) is 17.4 Å². The van der Waals surface area contributed by atoms with E-state index in [-0.39, 0.29) is 11.5 Å². The molecule has 3 rings (SSSR count). The van der Waals surface area contributed by atoms with Gasteiger partial charge < -0.3 is 5.32 Å². The second-order valence-corrected chi connectivity index (χ2v) is 5.24. The third-order valence-corrected chi connectivity index (χ3v) is 3.49. The molecule has 1 aromatic heterocycles. The van der Waals surface area contributed by atoms with Crippen LogP contribution in [-0.2, 0) is 0 Å². The predicted molar refractivity (Wildman–Crippen MR) is 74.6 cm³/mol. The van der Waals surface area contributed by atoms with E-state index < -0.39 is 11.6 Å². The summed E-state index contributed by atoms with van der Waals surface area (Å²) in [4.78, 5) is 15.9. The van der Waals surface area contributed by atoms with Gasteiger partial charge in [0.2, 0.25) is 0 Å². The first-order valence-corrected chi connectivity index (χ1v) is 6.82. The zero-order chi connectivity index (χ0) is 14.8. The molecule has 1 heterocycles. The van der Waals surface area contributed by atoms with Crippen LogP contribution < -0.4 is 5.32 Å². The van der Waals surface area contributed by atoms with Crippen LogP contribution in [0.3, 0.4) is 0 Å². The van der Waals surface area contributed by atoms with Gasteiger partial charge in [0.15, 0.2) is 0 Å². The maximum absolute atomic E-state index is 13.8. The van der Waals surface area contributed by atoms with Gasteiger partial charge in [0.25, 0.3) is 5.91 Å². The van der Waals surface area contributed by atoms with Crippen LogP contribution in [0.1, 0.15) is 23.2 Å². The Kier molecular flexibility index (Phi) is 3.64. The standard InChI is InChI=1S/C16H14F2N2O/c17-13-3-4-15(18)14(6-13)11-5-12(9-19-8-11)16(21)20-7-10-1-2-10/h3-6,8-10H,1-2,7H2,(H,20,21). The van der Waals surface area contributed by atoms with Crippen LogP contribution in [0.2, 0.25) is 0 Å². The summed E-state index contributed by atoms with van der Waals surface area (Å²) in [6.45, 7) is 0.650. The van der Waals surface area contributed by atoms with E-state index in [1.807, 2.05) is 0 Å². The van der Waals surface area contributed by atoms with Crippen molar-refractivity contribution in [1.82, 2.24) is 10.3 Å². The molecule has 2 aromatic rings. The summed E-state index contributed by atoms with van der Waals surface area (Å²) in [5, 5.41) is 2.82. The molecule has 0 spiro atoms. The van der Waals surface area contributed by atoms with Gasteiger partial charge in [0, 0.05) is 30.1 Å². The molecule has 0 aliphatic heterocycles. The molecule has 0 saturated heterocycles. The molecule has 1 amide bonds. The minimum absolute atomic E-state index is 0.0966. The molecular formula is C16H14F2N2O. The average molecular weight is 288 g/mol. The number of pyridine rings is 1. The minimum atomic E-state index is -0.547. The molecule has 0 radical (unpaired) electrons. The predicted octanol–water partition coefficient (Wildman–Crippen LogP) is 3.17. The van der Waals surface area contributed by atoms with Gasteiger partial charge in [0.1, 0.15) is 11.6 Å². The minimum Gasteiger partial charge on any atom is -0.352 e. The van der Waals surface area contributed by atoms with Crippen molar-refractivity contribution in [1.29, 1.82) is 0 Å². The Labute approximate surface area is 121 Å². The summed E-state index contributed by atoms with van der Waals surface area (Å²) in [7, 11) is 0. The Morgan fingerprint density at radius 1 is 1.24 bits per heavy atom. The van der Waals surface area contributed by atoms with E-state index in [1.54, 1.807) is 0 Å². The van der Waals surface area contributed by atoms with Crippen LogP contribution in [0.4, 0.5) is 8.78 Å². The lowest BCUT2D eigenvalue weighted by atomic mass is 10.0. The lowest BCUT2D eigenvalue weighted by molar-refractivity contribution is 0.0951. The number of nitrogens with one attached hydrogen (secondary N) is 1. The summed E-state index contributed by atoms with van der Waals surface area (Å²) in [6, 6.07) is 4.73. The van der Waals surface area contributed by atoms with Crippen molar-refractivity contribution in [3.8, 4) is 11.1 Å². The van der Waals surface area contributed by atoms with Crippen molar-refractivity contribution < 1.29 is 13.6 Å². The van der Waals surface area contributed by atoms with Crippen molar-refractivity contribution in [3.63, 3.8) is 0 Å². The number of aromatic nitrogens is 1. The van der Waals surface area contributed by atoms with E-state index >= 15 is 0 Å². The van der Waals surface area contributed by atoms with E-state index in [2.05, 4.69) is 10.3 Å². The number of amides is 1. The number of rotatable bonds is 4. The fourth-order valence-corrected chi connectivity index (χ4v) is 2.09. The maximum Gasteiger partial charge on any atom is 0.252 e. The number of nitrogens with zero attached hydrogens (tertiary/aromatic N) is 1. The van der Waals surface area contributed by atoms with Crippen LogP contribution in [0.5, 0.6) is 0 Å². The average Bonchev–Trinajstić information content (AvgIpc) is 3.31. The van der Waals surface area contributed by atoms with Crippen molar-refractivity contribution in [2.75, 3.05) is 6.54 Å². The highest BCUT2D eigenvalue weighted by Gasteiger charge is 2.22. The summed E-state index contributed by atoms with van der Waals surface area (Å²) < 4.78 is 27.0. The first-order chi connectivity index (χ1) is 10.1. The van der Waals surface area contributed by atoms with Crippen LogP contribution in [0.25, 0.3) is 11.1 Å². The molecule has 1 saturated carbocycles. The van der Waals surface area contributed by atoms with Gasteiger partial charge in [-0.2, -0.15) is 0 Å². The zero-order valence-electron chi connectivity index (χ0n) is 11.3. The lowest BCUT2D eigenvalue weighted by Gasteiger charge is -2.07. The smallest absolute Gasteiger partial charge is 0.252 e. The number of carbonyl (C=O) groups excluding carboxylic acids is 1. The normalized spacial score (nSPS) is 14.0. The van der Waals surface area contributed by atoms with Crippen molar-refractivity contribution in [3.05, 3.63) is 53.9 Å². The highest BCUT2D eigenvalue weighted by molar-refractivity contribution is 5.95. The maximum atomic E-state index is 13.8. The zero-order valence-corrected chi connectivity index (χ0v) is 11.3. The van der Waals surface area contributed by atoms with Gasteiger partial charge in [-0.3, -0.25) is 9.78 Å². The Bertz CT molecular complexity index is 684. The van der Waals surface area contributed by atoms with Crippen molar-refractivity contribution in [2.45, 2.75) is 12.8 Å². The van der Waals surface area contributed by atoms with Gasteiger partial charge in [0.05, 0.1) is 5.56 Å². The summed E-state index contributed by atoms with van der Waals surface area (Å²) in [6.07, 6.45) is 5.12. The van der Waals surface area contributed by atoms with Crippen molar-refractivity contribution >= 4 is 5.91 Å². The SMILES string of the molecule is O=C(NCC1CC1)c1cncc(-c2cc(F)ccc2F)c1. The Morgan fingerprint density at radius 3 is 2.81 bits per heavy atom. The number of hydrogen-bond donors (Lipinski definition) is 1. The first-order valence-electron chi connectivity index (χ1n) is 6.82. The molecule has 1 fully saturated rings. The molecule has 0 unspecified atom stereocenters. The number of benzene rings is 1. The fourth-order valence-electron chi connectivity index (χ4n) is 2.09. The molecule has 1 aliphatic rings. The number of hydrogen-bond acceptors (Lipinski definition) is 2. The summed E-state index contributed by atoms with van der Waals surface area (Å²) in [5.41, 5.74) is 0.822. The van der Waals surface area contributed by atoms with Gasteiger partial charge in [-0.05, 0) is 43.0 Å². The molecule has 1 N–H and O–H groups in total. The molecule has 3 nitrogen and oxygen atoms in total. The Balaban J connectivity index is 1.84. The molecule has 1 aliphatic carbocycles. The van der Waals surface area contributed by atoms with Gasteiger partial charge in [-0.25, -0.2) is 8.78 Å². The second-order valence-electron chi connectivity index (χ2n) is 5.24. The van der Waals surface area contributed by atoms with Gasteiger partial charge in [-0.15, -0.1) is 0 Å². The monoisotopic (exact) mass is 288 g/mol. The highest BCUT2D eigenvalue weighted by atomic mass is 19.1. The lowest BCUT2D eigenvalue weighted by Crippen LogP contribution is -2.25. The first kappa shape index (κ1) is 13.7. The third-order valence-electron chi connectivity index (χ3n) is 3.49. The topological polar surface area (TPSA) is 42.0 Å². The van der Waals surface area contributed by atoms with Gasteiger partial charge in [-0.1, -0.05) is 0 Å². The quantitative estimate of drug-likeness (QED) is 0.939. The van der Waals surface area contributed by atoms with Crippen LogP contribution >= 0.6 is 0 Å². The highest BCUT2D eigenvalue weighted by Crippen LogP contribution is 2.28. The second kappa shape index (κ2) is 5.60. The largest absolute Gasteiger partial charge is 0.352 e. The fraction of sp³-hybridized carbons (Fsp3) is 0.250. The molecular weight excluding hydrogens is 274 g/mol. The Morgan fingerprint density at radius 2 is 2.05 bits per heavy atom. The van der Waals surface area contributed by atoms with E-state index in [4.69, 9.17) is 0 Å². The molecule has 0 bridgehead atoms. The van der Waals surface area contributed by atoms with Crippen LogP contribution in [0, 0.1) is 17.6 Å². The van der Waals surface area contributed by atoms with Gasteiger partial charge >= 0.3 is 0 Å². The van der Waals surface area contributed by atoms with E-state index in [9.17, 15) is 13.6 Å². The number of halogens is 2. The van der Waals surface area contributed by atoms with E-state index in [0.717, 1.165) is 31.0 Å². The molecule has 108 valence electrons. The van der Waals surface area contributed by atoms with E-state index in [1.165, 1.54) is 18.5 Å².